The van der Waals surface area contributed by atoms with E-state index >= 15 is 0 Å². The molecule has 0 saturated heterocycles. The van der Waals surface area contributed by atoms with Crippen LogP contribution in [0.3, 0.4) is 0 Å². The Bertz CT molecular complexity index is 564. The molecule has 2 aromatic rings. The van der Waals surface area contributed by atoms with E-state index in [9.17, 15) is 0 Å². The van der Waals surface area contributed by atoms with Gasteiger partial charge in [0.25, 0.3) is 0 Å². The molecular weight excluding hydrogens is 264 g/mol. The van der Waals surface area contributed by atoms with E-state index in [1.54, 1.807) is 11.3 Å². The smallest absolute Gasteiger partial charge is 0.221 e. The minimum Gasteiger partial charge on any atom is -0.221 e. The van der Waals surface area contributed by atoms with Crippen LogP contribution in [0.1, 0.15) is 51.3 Å². The van der Waals surface area contributed by atoms with Crippen molar-refractivity contribution in [2.24, 2.45) is 0 Å². The lowest BCUT2D eigenvalue weighted by Gasteiger charge is -2.27. The second-order valence-electron chi connectivity index (χ2n) is 5.10. The molecule has 18 heavy (non-hydrogen) atoms. The van der Waals surface area contributed by atoms with Gasteiger partial charge in [0, 0.05) is 5.41 Å². The van der Waals surface area contributed by atoms with Crippen LogP contribution in [0.25, 0.3) is 10.2 Å². The predicted molar refractivity (Wildman–Crippen MR) is 79.7 cm³/mol. The summed E-state index contributed by atoms with van der Waals surface area (Å²) in [7, 11) is 0. The Morgan fingerprint density at radius 2 is 2.06 bits per heavy atom. The first-order valence-electron chi connectivity index (χ1n) is 6.43. The third-order valence-electron chi connectivity index (χ3n) is 3.72. The summed E-state index contributed by atoms with van der Waals surface area (Å²) in [5, 5.41) is 2.51. The van der Waals surface area contributed by atoms with Gasteiger partial charge in [0.15, 0.2) is 0 Å². The van der Waals surface area contributed by atoms with Gasteiger partial charge in [-0.25, -0.2) is 9.97 Å². The normalized spacial score (nSPS) is 14.9. The average Bonchev–Trinajstić information content (AvgIpc) is 2.70. The molecule has 4 heteroatoms. The van der Waals surface area contributed by atoms with E-state index < -0.39 is 0 Å². The molecule has 98 valence electrons. The molecule has 0 fully saturated rings. The summed E-state index contributed by atoms with van der Waals surface area (Å²) in [6, 6.07) is 0. The van der Waals surface area contributed by atoms with Crippen molar-refractivity contribution < 1.29 is 0 Å². The molecule has 1 unspecified atom stereocenters. The van der Waals surface area contributed by atoms with Crippen molar-refractivity contribution in [3.05, 3.63) is 21.9 Å². The maximum absolute atomic E-state index is 6.10. The zero-order valence-electron chi connectivity index (χ0n) is 11.4. The topological polar surface area (TPSA) is 25.8 Å². The Hall–Kier alpha value is -0.670. The first kappa shape index (κ1) is 13.8. The van der Waals surface area contributed by atoms with Crippen LogP contribution in [0.4, 0.5) is 0 Å². The number of aromatic nitrogens is 2. The first-order valence-corrected chi connectivity index (χ1v) is 7.69. The summed E-state index contributed by atoms with van der Waals surface area (Å²) in [4.78, 5) is 8.91. The van der Waals surface area contributed by atoms with Crippen molar-refractivity contribution in [1.29, 1.82) is 0 Å². The number of hydrogen-bond acceptors (Lipinski definition) is 3. The lowest BCUT2D eigenvalue weighted by Crippen LogP contribution is -2.22. The lowest BCUT2D eigenvalue weighted by molar-refractivity contribution is 0.406. The zero-order chi connectivity index (χ0) is 13.3. The van der Waals surface area contributed by atoms with E-state index in [0.29, 0.717) is 5.28 Å². The Kier molecular flexibility index (Phi) is 3.93. The van der Waals surface area contributed by atoms with E-state index in [-0.39, 0.29) is 5.41 Å². The average molecular weight is 283 g/mol. The van der Waals surface area contributed by atoms with Crippen LogP contribution in [-0.4, -0.2) is 9.97 Å². The molecule has 0 N–H and O–H groups in total. The van der Waals surface area contributed by atoms with Gasteiger partial charge in [-0.15, -0.1) is 11.3 Å². The molecule has 2 aromatic heterocycles. The highest BCUT2D eigenvalue weighted by atomic mass is 35.5. The fourth-order valence-corrected chi connectivity index (χ4v) is 3.73. The molecule has 0 saturated carbocycles. The minimum atomic E-state index is 0.0941. The number of aryl methyl sites for hydroxylation is 1. The third-order valence-corrected chi connectivity index (χ3v) is 4.98. The highest BCUT2D eigenvalue weighted by Gasteiger charge is 2.29. The molecule has 0 aliphatic rings. The Morgan fingerprint density at radius 1 is 1.33 bits per heavy atom. The van der Waals surface area contributed by atoms with E-state index in [1.807, 2.05) is 0 Å². The summed E-state index contributed by atoms with van der Waals surface area (Å²) in [6.45, 7) is 8.80. The summed E-state index contributed by atoms with van der Waals surface area (Å²) in [5.41, 5.74) is 3.43. The standard InChI is InChI=1S/C14H19ClN2S/c1-5-7-14(4,6-2)12-11-10(9(3)8-18-11)16-13(15)17-12/h8H,5-7H2,1-4H3. The number of halogens is 1. The van der Waals surface area contributed by atoms with Crippen LogP contribution >= 0.6 is 22.9 Å². The minimum absolute atomic E-state index is 0.0941. The molecule has 2 nitrogen and oxygen atoms in total. The number of thiophene rings is 1. The molecule has 0 bridgehead atoms. The molecule has 1 atom stereocenters. The molecule has 2 heterocycles. The van der Waals surface area contributed by atoms with Gasteiger partial charge >= 0.3 is 0 Å². The van der Waals surface area contributed by atoms with Gasteiger partial charge in [-0.3, -0.25) is 0 Å². The van der Waals surface area contributed by atoms with E-state index in [0.717, 1.165) is 30.5 Å². The van der Waals surface area contributed by atoms with Crippen LogP contribution < -0.4 is 0 Å². The number of nitrogens with zero attached hydrogens (tertiary/aromatic N) is 2. The van der Waals surface area contributed by atoms with Gasteiger partial charge in [0.2, 0.25) is 5.28 Å². The van der Waals surface area contributed by atoms with Crippen molar-refractivity contribution in [2.75, 3.05) is 0 Å². The molecular formula is C14H19ClN2S. The summed E-state index contributed by atoms with van der Waals surface area (Å²) in [6.07, 6.45) is 3.35. The second kappa shape index (κ2) is 5.14. The summed E-state index contributed by atoms with van der Waals surface area (Å²) >= 11 is 7.83. The largest absolute Gasteiger partial charge is 0.223 e. The van der Waals surface area contributed by atoms with Crippen molar-refractivity contribution >= 4 is 33.2 Å². The first-order chi connectivity index (χ1) is 8.51. The van der Waals surface area contributed by atoms with Gasteiger partial charge < -0.3 is 0 Å². The van der Waals surface area contributed by atoms with Gasteiger partial charge in [-0.1, -0.05) is 27.2 Å². The van der Waals surface area contributed by atoms with E-state index in [2.05, 4.69) is 43.0 Å². The van der Waals surface area contributed by atoms with Gasteiger partial charge in [0.1, 0.15) is 0 Å². The molecule has 0 aliphatic heterocycles. The molecule has 2 rings (SSSR count). The van der Waals surface area contributed by atoms with Crippen LogP contribution in [0.15, 0.2) is 5.38 Å². The molecule has 0 aromatic carbocycles. The number of fused-ring (bicyclic) bond motifs is 1. The van der Waals surface area contributed by atoms with Crippen LogP contribution in [0.2, 0.25) is 5.28 Å². The van der Waals surface area contributed by atoms with Gasteiger partial charge in [-0.2, -0.15) is 0 Å². The fraction of sp³-hybridized carbons (Fsp3) is 0.571. The second-order valence-corrected chi connectivity index (χ2v) is 6.32. The van der Waals surface area contributed by atoms with E-state index in [1.165, 1.54) is 10.3 Å². The molecule has 0 spiro atoms. The highest BCUT2D eigenvalue weighted by Crippen LogP contribution is 2.38. The molecule has 0 radical (unpaired) electrons. The van der Waals surface area contributed by atoms with Crippen molar-refractivity contribution in [3.63, 3.8) is 0 Å². The van der Waals surface area contributed by atoms with Crippen molar-refractivity contribution in [2.45, 2.75) is 52.4 Å². The quantitative estimate of drug-likeness (QED) is 0.727. The van der Waals surface area contributed by atoms with Gasteiger partial charge in [0.05, 0.1) is 15.9 Å². The maximum atomic E-state index is 6.10. The SMILES string of the molecule is CCCC(C)(CC)c1nc(Cl)nc2c(C)csc12. The Labute approximate surface area is 117 Å². The van der Waals surface area contributed by atoms with Crippen LogP contribution in [0, 0.1) is 6.92 Å². The maximum Gasteiger partial charge on any atom is 0.223 e. The predicted octanol–water partition coefficient (Wildman–Crippen LogP) is 5.12. The monoisotopic (exact) mass is 282 g/mol. The fourth-order valence-electron chi connectivity index (χ4n) is 2.43. The lowest BCUT2D eigenvalue weighted by atomic mass is 9.79. The van der Waals surface area contributed by atoms with Crippen LogP contribution in [-0.2, 0) is 5.41 Å². The van der Waals surface area contributed by atoms with Crippen LogP contribution in [0.5, 0.6) is 0 Å². The van der Waals surface area contributed by atoms with Gasteiger partial charge in [-0.05, 0) is 42.3 Å². The summed E-state index contributed by atoms with van der Waals surface area (Å²) < 4.78 is 1.20. The molecule has 0 aliphatic carbocycles. The third kappa shape index (κ3) is 2.26. The van der Waals surface area contributed by atoms with Crippen molar-refractivity contribution in [3.8, 4) is 0 Å². The Balaban J connectivity index is 2.69. The highest BCUT2D eigenvalue weighted by molar-refractivity contribution is 7.17. The van der Waals surface area contributed by atoms with Crippen molar-refractivity contribution in [1.82, 2.24) is 9.97 Å². The summed E-state index contributed by atoms with van der Waals surface area (Å²) in [5.74, 6) is 0. The zero-order valence-corrected chi connectivity index (χ0v) is 13.0. The van der Waals surface area contributed by atoms with E-state index in [4.69, 9.17) is 11.6 Å². The number of hydrogen-bond donors (Lipinski definition) is 0. The number of rotatable bonds is 4. The molecule has 0 amide bonds. The Morgan fingerprint density at radius 3 is 2.67 bits per heavy atom.